The van der Waals surface area contributed by atoms with Gasteiger partial charge in [0.1, 0.15) is 5.75 Å². The van der Waals surface area contributed by atoms with Gasteiger partial charge in [0.05, 0.1) is 12.7 Å². The Labute approximate surface area is 128 Å². The van der Waals surface area contributed by atoms with Crippen LogP contribution in [0.3, 0.4) is 0 Å². The van der Waals surface area contributed by atoms with Crippen molar-refractivity contribution in [2.75, 3.05) is 6.61 Å². The van der Waals surface area contributed by atoms with Crippen LogP contribution in [0.4, 0.5) is 0 Å². The molecule has 0 amide bonds. The number of hydrogen-bond acceptors (Lipinski definition) is 2. The van der Waals surface area contributed by atoms with E-state index in [1.165, 1.54) is 37.7 Å². The molecule has 2 heteroatoms. The van der Waals surface area contributed by atoms with E-state index in [-0.39, 0.29) is 11.5 Å². The third-order valence-electron chi connectivity index (χ3n) is 5.28. The second-order valence-corrected chi connectivity index (χ2v) is 7.53. The Morgan fingerprint density at radius 3 is 2.76 bits per heavy atom. The van der Waals surface area contributed by atoms with Crippen molar-refractivity contribution in [2.45, 2.75) is 70.3 Å². The molecular weight excluding hydrogens is 260 g/mol. The van der Waals surface area contributed by atoms with Gasteiger partial charge in [-0.2, -0.15) is 0 Å². The SMILES string of the molecule is CC1(C)COc2ccc(C(O)CCC3CCCCC3)cc21. The van der Waals surface area contributed by atoms with Gasteiger partial charge in [-0.05, 0) is 36.5 Å². The van der Waals surface area contributed by atoms with Gasteiger partial charge in [0.2, 0.25) is 0 Å². The standard InChI is InChI=1S/C19H28O2/c1-19(2)13-21-18-11-9-15(12-16(18)19)17(20)10-8-14-6-4-3-5-7-14/h9,11-12,14,17,20H,3-8,10,13H2,1-2H3. The zero-order valence-corrected chi connectivity index (χ0v) is 13.4. The maximum atomic E-state index is 10.5. The van der Waals surface area contributed by atoms with Gasteiger partial charge >= 0.3 is 0 Å². The van der Waals surface area contributed by atoms with Crippen LogP contribution in [0.2, 0.25) is 0 Å². The molecule has 3 rings (SSSR count). The molecule has 0 saturated heterocycles. The highest BCUT2D eigenvalue weighted by molar-refractivity contribution is 5.45. The average molecular weight is 288 g/mol. The van der Waals surface area contributed by atoms with Crippen molar-refractivity contribution in [1.29, 1.82) is 0 Å². The molecule has 0 radical (unpaired) electrons. The average Bonchev–Trinajstić information content (AvgIpc) is 2.81. The molecule has 1 heterocycles. The lowest BCUT2D eigenvalue weighted by atomic mass is 9.83. The molecule has 2 aliphatic rings. The predicted molar refractivity (Wildman–Crippen MR) is 85.7 cm³/mol. The highest BCUT2D eigenvalue weighted by Gasteiger charge is 2.32. The first kappa shape index (κ1) is 14.9. The van der Waals surface area contributed by atoms with Crippen molar-refractivity contribution in [1.82, 2.24) is 0 Å². The number of aliphatic hydroxyl groups excluding tert-OH is 1. The minimum Gasteiger partial charge on any atom is -0.492 e. The lowest BCUT2D eigenvalue weighted by molar-refractivity contribution is 0.151. The van der Waals surface area contributed by atoms with E-state index in [4.69, 9.17) is 4.74 Å². The number of hydrogen-bond donors (Lipinski definition) is 1. The van der Waals surface area contributed by atoms with E-state index in [9.17, 15) is 5.11 Å². The monoisotopic (exact) mass is 288 g/mol. The second kappa shape index (κ2) is 6.00. The molecule has 1 aliphatic heterocycles. The molecule has 1 N–H and O–H groups in total. The van der Waals surface area contributed by atoms with Crippen molar-refractivity contribution < 1.29 is 9.84 Å². The number of benzene rings is 1. The zero-order valence-electron chi connectivity index (χ0n) is 13.4. The summed E-state index contributed by atoms with van der Waals surface area (Å²) in [6, 6.07) is 6.23. The van der Waals surface area contributed by atoms with E-state index < -0.39 is 0 Å². The number of aliphatic hydroxyl groups is 1. The van der Waals surface area contributed by atoms with Crippen LogP contribution in [0.1, 0.15) is 76.0 Å². The van der Waals surface area contributed by atoms with Gasteiger partial charge < -0.3 is 9.84 Å². The quantitative estimate of drug-likeness (QED) is 0.866. The summed E-state index contributed by atoms with van der Waals surface area (Å²) < 4.78 is 5.72. The van der Waals surface area contributed by atoms with E-state index in [1.807, 2.05) is 12.1 Å². The Morgan fingerprint density at radius 2 is 2.00 bits per heavy atom. The Morgan fingerprint density at radius 1 is 1.24 bits per heavy atom. The first-order valence-electron chi connectivity index (χ1n) is 8.51. The van der Waals surface area contributed by atoms with E-state index in [0.29, 0.717) is 0 Å². The molecule has 0 aromatic heterocycles. The summed E-state index contributed by atoms with van der Waals surface area (Å²) >= 11 is 0. The second-order valence-electron chi connectivity index (χ2n) is 7.53. The summed E-state index contributed by atoms with van der Waals surface area (Å²) in [5.41, 5.74) is 2.37. The van der Waals surface area contributed by atoms with E-state index >= 15 is 0 Å². The molecular formula is C19H28O2. The Hall–Kier alpha value is -1.02. The van der Waals surface area contributed by atoms with Crippen molar-refractivity contribution in [3.8, 4) is 5.75 Å². The fourth-order valence-corrected chi connectivity index (χ4v) is 3.78. The molecule has 2 nitrogen and oxygen atoms in total. The van der Waals surface area contributed by atoms with Crippen LogP contribution in [-0.2, 0) is 5.41 Å². The summed E-state index contributed by atoms with van der Waals surface area (Å²) in [5.74, 6) is 1.82. The van der Waals surface area contributed by atoms with Crippen LogP contribution in [0.5, 0.6) is 5.75 Å². The van der Waals surface area contributed by atoms with Gasteiger partial charge in [-0.3, -0.25) is 0 Å². The molecule has 1 unspecified atom stereocenters. The van der Waals surface area contributed by atoms with Crippen molar-refractivity contribution in [3.63, 3.8) is 0 Å². The molecule has 1 atom stereocenters. The summed E-state index contributed by atoms with van der Waals surface area (Å²) in [5, 5.41) is 10.5. The minimum absolute atomic E-state index is 0.0639. The van der Waals surface area contributed by atoms with Crippen LogP contribution in [0.25, 0.3) is 0 Å². The molecule has 1 saturated carbocycles. The van der Waals surface area contributed by atoms with Crippen LogP contribution in [-0.4, -0.2) is 11.7 Å². The Kier molecular flexibility index (Phi) is 4.26. The topological polar surface area (TPSA) is 29.5 Å². The van der Waals surface area contributed by atoms with Crippen LogP contribution >= 0.6 is 0 Å². The fourth-order valence-electron chi connectivity index (χ4n) is 3.78. The van der Waals surface area contributed by atoms with E-state index in [1.54, 1.807) is 0 Å². The smallest absolute Gasteiger partial charge is 0.123 e. The van der Waals surface area contributed by atoms with Crippen molar-refractivity contribution >= 4 is 0 Å². The van der Waals surface area contributed by atoms with Crippen LogP contribution in [0.15, 0.2) is 18.2 Å². The molecule has 0 bridgehead atoms. The van der Waals surface area contributed by atoms with Crippen molar-refractivity contribution in [3.05, 3.63) is 29.3 Å². The molecule has 21 heavy (non-hydrogen) atoms. The third kappa shape index (κ3) is 3.26. The largest absolute Gasteiger partial charge is 0.492 e. The minimum atomic E-state index is -0.325. The first-order chi connectivity index (χ1) is 10.1. The predicted octanol–water partition coefficient (Wildman–Crippen LogP) is 4.75. The summed E-state index contributed by atoms with van der Waals surface area (Å²) in [6.45, 7) is 5.15. The Balaban J connectivity index is 1.63. The highest BCUT2D eigenvalue weighted by atomic mass is 16.5. The van der Waals surface area contributed by atoms with Crippen molar-refractivity contribution in [2.24, 2.45) is 5.92 Å². The normalized spacial score (nSPS) is 22.6. The molecule has 1 fully saturated rings. The van der Waals surface area contributed by atoms with Gasteiger partial charge in [-0.15, -0.1) is 0 Å². The number of ether oxygens (including phenoxy) is 1. The maximum absolute atomic E-state index is 10.5. The van der Waals surface area contributed by atoms with E-state index in [2.05, 4.69) is 19.9 Å². The summed E-state index contributed by atoms with van der Waals surface area (Å²) in [4.78, 5) is 0. The van der Waals surface area contributed by atoms with Crippen LogP contribution in [0, 0.1) is 5.92 Å². The molecule has 1 aliphatic carbocycles. The number of rotatable bonds is 4. The molecule has 0 spiro atoms. The van der Waals surface area contributed by atoms with Crippen LogP contribution < -0.4 is 4.74 Å². The van der Waals surface area contributed by atoms with Gasteiger partial charge in [0.15, 0.2) is 0 Å². The zero-order chi connectivity index (χ0) is 14.9. The maximum Gasteiger partial charge on any atom is 0.123 e. The Bertz CT molecular complexity index is 486. The van der Waals surface area contributed by atoms with Gasteiger partial charge in [-0.1, -0.05) is 52.0 Å². The van der Waals surface area contributed by atoms with Gasteiger partial charge in [0.25, 0.3) is 0 Å². The van der Waals surface area contributed by atoms with Gasteiger partial charge in [0, 0.05) is 11.0 Å². The third-order valence-corrected chi connectivity index (χ3v) is 5.28. The lowest BCUT2D eigenvalue weighted by Crippen LogP contribution is -2.18. The highest BCUT2D eigenvalue weighted by Crippen LogP contribution is 2.40. The number of fused-ring (bicyclic) bond motifs is 1. The van der Waals surface area contributed by atoms with Gasteiger partial charge in [-0.25, -0.2) is 0 Å². The summed E-state index contributed by atoms with van der Waals surface area (Å²) in [6.07, 6.45) is 8.61. The molecule has 1 aromatic rings. The molecule has 1 aromatic carbocycles. The fraction of sp³-hybridized carbons (Fsp3) is 0.684. The molecule has 116 valence electrons. The first-order valence-corrected chi connectivity index (χ1v) is 8.51. The van der Waals surface area contributed by atoms with E-state index in [0.717, 1.165) is 36.7 Å². The lowest BCUT2D eigenvalue weighted by Gasteiger charge is -2.23. The summed E-state index contributed by atoms with van der Waals surface area (Å²) in [7, 11) is 0.